The molecule has 1 aromatic carbocycles. The number of hydrogen-bond acceptors (Lipinski definition) is 4. The number of benzene rings is 1. The van der Waals surface area contributed by atoms with Gasteiger partial charge in [-0.05, 0) is 50.9 Å². The minimum atomic E-state index is -0.211. The van der Waals surface area contributed by atoms with Crippen molar-refractivity contribution >= 4 is 29.1 Å². The van der Waals surface area contributed by atoms with Gasteiger partial charge in [0.15, 0.2) is 0 Å². The Kier molecular flexibility index (Phi) is 6.45. The van der Waals surface area contributed by atoms with Crippen LogP contribution < -0.4 is 15.5 Å². The normalized spacial score (nSPS) is 17.4. The molecule has 0 bridgehead atoms. The molecule has 7 heteroatoms. The lowest BCUT2D eigenvalue weighted by Gasteiger charge is -2.32. The van der Waals surface area contributed by atoms with Gasteiger partial charge in [0.25, 0.3) is 0 Å². The highest BCUT2D eigenvalue weighted by Crippen LogP contribution is 2.29. The van der Waals surface area contributed by atoms with E-state index in [-0.39, 0.29) is 37.1 Å². The van der Waals surface area contributed by atoms with Gasteiger partial charge in [-0.25, -0.2) is 0 Å². The van der Waals surface area contributed by atoms with Gasteiger partial charge in [-0.3, -0.25) is 14.4 Å². The second kappa shape index (κ2) is 8.99. The molecule has 0 saturated carbocycles. The lowest BCUT2D eigenvalue weighted by Crippen LogP contribution is -2.43. The Morgan fingerprint density at radius 3 is 2.59 bits per heavy atom. The van der Waals surface area contributed by atoms with Crippen molar-refractivity contribution in [1.82, 2.24) is 10.2 Å². The van der Waals surface area contributed by atoms with Gasteiger partial charge >= 0.3 is 0 Å². The molecule has 0 aliphatic carbocycles. The molecular weight excluding hydrogens is 344 g/mol. The van der Waals surface area contributed by atoms with Crippen LogP contribution in [0.2, 0.25) is 0 Å². The van der Waals surface area contributed by atoms with Gasteiger partial charge in [-0.15, -0.1) is 0 Å². The van der Waals surface area contributed by atoms with Gasteiger partial charge in [-0.1, -0.05) is 12.1 Å². The summed E-state index contributed by atoms with van der Waals surface area (Å²) in [6.45, 7) is 2.56. The fourth-order valence-corrected chi connectivity index (χ4v) is 3.78. The average Bonchev–Trinajstić information content (AvgIpc) is 2.69. The molecule has 27 heavy (non-hydrogen) atoms. The maximum Gasteiger partial charge on any atom is 0.244 e. The van der Waals surface area contributed by atoms with Crippen molar-refractivity contribution in [3.63, 3.8) is 0 Å². The third kappa shape index (κ3) is 4.86. The highest BCUT2D eigenvalue weighted by atomic mass is 16.2. The molecule has 0 atom stereocenters. The van der Waals surface area contributed by atoms with Gasteiger partial charge in [0.1, 0.15) is 6.54 Å². The van der Waals surface area contributed by atoms with Gasteiger partial charge < -0.3 is 20.4 Å². The molecule has 1 fully saturated rings. The molecule has 0 unspecified atom stereocenters. The van der Waals surface area contributed by atoms with Crippen molar-refractivity contribution in [2.75, 3.05) is 43.4 Å². The topological polar surface area (TPSA) is 81.8 Å². The molecule has 3 rings (SSSR count). The van der Waals surface area contributed by atoms with Gasteiger partial charge in [-0.2, -0.15) is 0 Å². The van der Waals surface area contributed by atoms with Crippen LogP contribution in [-0.4, -0.2) is 55.8 Å². The van der Waals surface area contributed by atoms with E-state index in [1.165, 1.54) is 4.90 Å². The number of rotatable bonds is 6. The molecule has 2 aliphatic heterocycles. The first-order chi connectivity index (χ1) is 13.1. The zero-order valence-corrected chi connectivity index (χ0v) is 15.9. The molecule has 0 radical (unpaired) electrons. The number of piperidine rings is 1. The summed E-state index contributed by atoms with van der Waals surface area (Å²) in [6.07, 6.45) is 3.52. The van der Waals surface area contributed by atoms with E-state index in [0.29, 0.717) is 17.3 Å². The molecule has 0 spiro atoms. The Morgan fingerprint density at radius 2 is 1.85 bits per heavy atom. The first kappa shape index (κ1) is 19.4. The smallest absolute Gasteiger partial charge is 0.244 e. The zero-order chi connectivity index (χ0) is 19.2. The summed E-state index contributed by atoms with van der Waals surface area (Å²) < 4.78 is 0. The van der Waals surface area contributed by atoms with Crippen LogP contribution >= 0.6 is 0 Å². The number of carbonyl (C=O) groups is 3. The average molecular weight is 372 g/mol. The number of likely N-dealkylation sites (tertiary alicyclic amines) is 1. The fraction of sp³-hybridized carbons (Fsp3) is 0.550. The van der Waals surface area contributed by atoms with Crippen LogP contribution in [0.1, 0.15) is 32.1 Å². The lowest BCUT2D eigenvalue weighted by atomic mass is 9.93. The second-order valence-corrected chi connectivity index (χ2v) is 7.26. The van der Waals surface area contributed by atoms with E-state index in [0.717, 1.165) is 38.9 Å². The van der Waals surface area contributed by atoms with Crippen LogP contribution in [0, 0.1) is 5.92 Å². The standard InChI is InChI=1S/C20H28N4O3/c1-21-11-8-15-9-12-23(13-10-15)19(26)6-7-20(27)24-14-18(25)22-16-4-2-3-5-17(16)24/h2-5,15,21H,6-14H2,1H3,(H,22,25). The second-order valence-electron chi connectivity index (χ2n) is 7.26. The maximum atomic E-state index is 12.6. The van der Waals surface area contributed by atoms with E-state index in [1.54, 1.807) is 6.07 Å². The van der Waals surface area contributed by atoms with Crippen molar-refractivity contribution in [1.29, 1.82) is 0 Å². The highest BCUT2D eigenvalue weighted by molar-refractivity contribution is 6.10. The number of anilines is 2. The number of para-hydroxylation sites is 2. The van der Waals surface area contributed by atoms with Crippen LogP contribution in [0.25, 0.3) is 0 Å². The van der Waals surface area contributed by atoms with Crippen molar-refractivity contribution in [3.05, 3.63) is 24.3 Å². The predicted octanol–water partition coefficient (Wildman–Crippen LogP) is 1.60. The first-order valence-corrected chi connectivity index (χ1v) is 9.70. The Balaban J connectivity index is 1.50. The molecular formula is C20H28N4O3. The Labute approximate surface area is 160 Å². The summed E-state index contributed by atoms with van der Waals surface area (Å²) in [7, 11) is 1.96. The number of fused-ring (bicyclic) bond motifs is 1. The van der Waals surface area contributed by atoms with Crippen LogP contribution in [0.4, 0.5) is 11.4 Å². The van der Waals surface area contributed by atoms with Crippen LogP contribution in [0.3, 0.4) is 0 Å². The number of amides is 3. The molecule has 2 heterocycles. The number of hydrogen-bond donors (Lipinski definition) is 2. The van der Waals surface area contributed by atoms with Crippen LogP contribution in [0.15, 0.2) is 24.3 Å². The van der Waals surface area contributed by atoms with Gasteiger partial charge in [0.2, 0.25) is 17.7 Å². The summed E-state index contributed by atoms with van der Waals surface area (Å²) in [5, 5.41) is 5.94. The number of nitrogens with one attached hydrogen (secondary N) is 2. The summed E-state index contributed by atoms with van der Waals surface area (Å²) in [6, 6.07) is 7.23. The van der Waals surface area contributed by atoms with E-state index in [9.17, 15) is 14.4 Å². The quantitative estimate of drug-likeness (QED) is 0.795. The summed E-state index contributed by atoms with van der Waals surface area (Å²) in [5.74, 6) is 0.309. The zero-order valence-electron chi connectivity index (χ0n) is 15.9. The van der Waals surface area contributed by atoms with Crippen molar-refractivity contribution in [2.24, 2.45) is 5.92 Å². The van der Waals surface area contributed by atoms with E-state index >= 15 is 0 Å². The maximum absolute atomic E-state index is 12.6. The Bertz CT molecular complexity index is 698. The first-order valence-electron chi connectivity index (χ1n) is 9.70. The van der Waals surface area contributed by atoms with E-state index in [4.69, 9.17) is 0 Å². The summed E-state index contributed by atoms with van der Waals surface area (Å²) >= 11 is 0. The van der Waals surface area contributed by atoms with Gasteiger partial charge in [0.05, 0.1) is 11.4 Å². The van der Waals surface area contributed by atoms with Crippen LogP contribution in [-0.2, 0) is 14.4 Å². The van der Waals surface area contributed by atoms with Crippen LogP contribution in [0.5, 0.6) is 0 Å². The molecule has 3 amide bonds. The van der Waals surface area contributed by atoms with Gasteiger partial charge in [0, 0.05) is 25.9 Å². The van der Waals surface area contributed by atoms with Crippen molar-refractivity contribution < 1.29 is 14.4 Å². The predicted molar refractivity (Wildman–Crippen MR) is 105 cm³/mol. The van der Waals surface area contributed by atoms with E-state index in [1.807, 2.05) is 30.1 Å². The largest absolute Gasteiger partial charge is 0.343 e. The molecule has 1 saturated heterocycles. The van der Waals surface area contributed by atoms with Crippen molar-refractivity contribution in [2.45, 2.75) is 32.1 Å². The summed E-state index contributed by atoms with van der Waals surface area (Å²) in [4.78, 5) is 40.3. The lowest BCUT2D eigenvalue weighted by molar-refractivity contribution is -0.134. The number of nitrogens with zero attached hydrogens (tertiary/aromatic N) is 2. The highest BCUT2D eigenvalue weighted by Gasteiger charge is 2.28. The SMILES string of the molecule is CNCCC1CCN(C(=O)CCC(=O)N2CC(=O)Nc3ccccc32)CC1. The molecule has 146 valence electrons. The van der Waals surface area contributed by atoms with Crippen molar-refractivity contribution in [3.8, 4) is 0 Å². The summed E-state index contributed by atoms with van der Waals surface area (Å²) in [5.41, 5.74) is 1.33. The molecule has 2 N–H and O–H groups in total. The third-order valence-electron chi connectivity index (χ3n) is 5.39. The monoisotopic (exact) mass is 372 g/mol. The Morgan fingerprint density at radius 1 is 1.15 bits per heavy atom. The molecule has 7 nitrogen and oxygen atoms in total. The fourth-order valence-electron chi connectivity index (χ4n) is 3.78. The van der Waals surface area contributed by atoms with E-state index < -0.39 is 0 Å². The molecule has 2 aliphatic rings. The third-order valence-corrected chi connectivity index (χ3v) is 5.39. The molecule has 0 aromatic heterocycles. The Hall–Kier alpha value is -2.41. The molecule has 1 aromatic rings. The minimum Gasteiger partial charge on any atom is -0.343 e. The number of carbonyl (C=O) groups excluding carboxylic acids is 3. The van der Waals surface area contributed by atoms with E-state index in [2.05, 4.69) is 10.6 Å². The minimum absolute atomic E-state index is 0.000888.